The molecule has 0 spiro atoms. The Labute approximate surface area is 209 Å². The highest BCUT2D eigenvalue weighted by Crippen LogP contribution is 2.40. The van der Waals surface area contributed by atoms with Crippen LogP contribution in [0.4, 0.5) is 4.39 Å². The molecule has 1 fully saturated rings. The number of pyridine rings is 1. The molecule has 0 atom stereocenters. The number of phenolic OH excluding ortho intramolecular Hbond substituents is 1. The summed E-state index contributed by atoms with van der Waals surface area (Å²) in [5, 5.41) is 27.7. The molecular formula is C26H25Cl2FN4O. The van der Waals surface area contributed by atoms with Gasteiger partial charge in [0.25, 0.3) is 0 Å². The number of phenols is 1. The maximum atomic E-state index is 14.7. The topological polar surface area (TPSA) is 85.6 Å². The van der Waals surface area contributed by atoms with Crippen LogP contribution in [0.2, 0.25) is 0 Å². The van der Waals surface area contributed by atoms with Gasteiger partial charge in [-0.15, -0.1) is 24.8 Å². The number of nitrogens with zero attached hydrogens (tertiary/aromatic N) is 3. The molecule has 1 aliphatic carbocycles. The van der Waals surface area contributed by atoms with Gasteiger partial charge in [0.15, 0.2) is 5.65 Å². The molecule has 2 heterocycles. The fourth-order valence-corrected chi connectivity index (χ4v) is 4.85. The van der Waals surface area contributed by atoms with E-state index < -0.39 is 5.82 Å². The predicted octanol–water partition coefficient (Wildman–Crippen LogP) is 7.21. The molecule has 5 nitrogen and oxygen atoms in total. The number of aryl methyl sites for hydroxylation is 1. The Bertz CT molecular complexity index is 1360. The molecule has 0 aliphatic heterocycles. The summed E-state index contributed by atoms with van der Waals surface area (Å²) < 4.78 is 14.7. The third-order valence-corrected chi connectivity index (χ3v) is 6.48. The molecule has 0 amide bonds. The fraction of sp³-hybridized carbons (Fsp3) is 0.269. The Morgan fingerprint density at radius 3 is 2.41 bits per heavy atom. The average Bonchev–Trinajstić information content (AvgIpc) is 3.19. The number of fused-ring (bicyclic) bond motifs is 1. The Morgan fingerprint density at radius 1 is 1.06 bits per heavy atom. The number of H-pyrrole nitrogens is 1. The van der Waals surface area contributed by atoms with Crippen molar-refractivity contribution in [3.63, 3.8) is 0 Å². The molecular weight excluding hydrogens is 474 g/mol. The highest BCUT2D eigenvalue weighted by molar-refractivity contribution is 6.00. The first kappa shape index (κ1) is 25.5. The number of aromatic hydroxyl groups is 1. The first-order valence-corrected chi connectivity index (χ1v) is 10.9. The number of aromatic amines is 1. The van der Waals surface area contributed by atoms with Crippen molar-refractivity contribution in [2.24, 2.45) is 0 Å². The summed E-state index contributed by atoms with van der Waals surface area (Å²) >= 11 is 0. The van der Waals surface area contributed by atoms with Gasteiger partial charge >= 0.3 is 0 Å². The fourth-order valence-electron chi connectivity index (χ4n) is 4.85. The molecule has 5 rings (SSSR count). The second-order valence-corrected chi connectivity index (χ2v) is 8.49. The maximum absolute atomic E-state index is 14.7. The van der Waals surface area contributed by atoms with Crippen LogP contribution >= 0.6 is 24.8 Å². The molecule has 4 aromatic rings. The summed E-state index contributed by atoms with van der Waals surface area (Å²) in [6.07, 6.45) is 6.28. The highest BCUT2D eigenvalue weighted by atomic mass is 35.5. The molecule has 0 bridgehead atoms. The van der Waals surface area contributed by atoms with Crippen LogP contribution in [0.5, 0.6) is 5.75 Å². The molecule has 176 valence electrons. The summed E-state index contributed by atoms with van der Waals surface area (Å²) in [7, 11) is 0. The summed E-state index contributed by atoms with van der Waals surface area (Å²) in [5.41, 5.74) is 4.78. The summed E-state index contributed by atoms with van der Waals surface area (Å²) in [6.45, 7) is 1.89. The van der Waals surface area contributed by atoms with Crippen LogP contribution in [0.3, 0.4) is 0 Å². The maximum Gasteiger partial charge on any atom is 0.182 e. The second kappa shape index (κ2) is 10.4. The van der Waals surface area contributed by atoms with E-state index in [-0.39, 0.29) is 47.4 Å². The van der Waals surface area contributed by atoms with Gasteiger partial charge in [0.05, 0.1) is 16.6 Å². The third-order valence-electron chi connectivity index (χ3n) is 6.48. The van der Waals surface area contributed by atoms with Crippen molar-refractivity contribution in [3.05, 3.63) is 65.1 Å². The molecule has 1 aliphatic rings. The molecule has 2 aromatic heterocycles. The smallest absolute Gasteiger partial charge is 0.182 e. The van der Waals surface area contributed by atoms with Crippen LogP contribution in [-0.4, -0.2) is 20.3 Å². The third kappa shape index (κ3) is 4.46. The van der Waals surface area contributed by atoms with Crippen LogP contribution in [-0.2, 0) is 0 Å². The van der Waals surface area contributed by atoms with Crippen LogP contribution in [0, 0.1) is 24.1 Å². The van der Waals surface area contributed by atoms with Crippen molar-refractivity contribution in [1.82, 2.24) is 15.2 Å². The number of hydrogen-bond acceptors (Lipinski definition) is 4. The molecule has 34 heavy (non-hydrogen) atoms. The van der Waals surface area contributed by atoms with Crippen molar-refractivity contribution in [2.75, 3.05) is 0 Å². The van der Waals surface area contributed by atoms with Crippen LogP contribution in [0.15, 0.2) is 42.5 Å². The van der Waals surface area contributed by atoms with Gasteiger partial charge in [0.1, 0.15) is 17.6 Å². The number of rotatable bonds is 3. The predicted molar refractivity (Wildman–Crippen MR) is 136 cm³/mol. The van der Waals surface area contributed by atoms with Crippen molar-refractivity contribution in [1.29, 1.82) is 5.26 Å². The number of hydrogen-bond donors (Lipinski definition) is 2. The lowest BCUT2D eigenvalue weighted by Crippen LogP contribution is -2.04. The molecule has 8 heteroatoms. The lowest BCUT2D eigenvalue weighted by atomic mass is 9.83. The van der Waals surface area contributed by atoms with Crippen molar-refractivity contribution in [2.45, 2.75) is 44.9 Å². The largest absolute Gasteiger partial charge is 0.508 e. The minimum Gasteiger partial charge on any atom is -0.508 e. The van der Waals surface area contributed by atoms with E-state index in [0.717, 1.165) is 22.7 Å². The Balaban J connectivity index is 0.00000162. The first-order valence-electron chi connectivity index (χ1n) is 10.9. The number of aromatic nitrogens is 3. The van der Waals surface area contributed by atoms with E-state index in [1.807, 2.05) is 19.1 Å². The van der Waals surface area contributed by atoms with Gasteiger partial charge in [-0.2, -0.15) is 10.4 Å². The van der Waals surface area contributed by atoms with Gasteiger partial charge in [-0.3, -0.25) is 5.10 Å². The number of nitrogens with one attached hydrogen (secondary N) is 1. The molecule has 0 radical (unpaired) electrons. The van der Waals surface area contributed by atoms with Crippen molar-refractivity contribution in [3.8, 4) is 34.2 Å². The lowest BCUT2D eigenvalue weighted by molar-refractivity contribution is 0.443. The zero-order chi connectivity index (χ0) is 22.2. The second-order valence-electron chi connectivity index (χ2n) is 8.49. The van der Waals surface area contributed by atoms with Gasteiger partial charge in [-0.05, 0) is 48.9 Å². The quantitative estimate of drug-likeness (QED) is 0.312. The zero-order valence-electron chi connectivity index (χ0n) is 18.6. The van der Waals surface area contributed by atoms with Crippen LogP contribution < -0.4 is 0 Å². The Kier molecular flexibility index (Phi) is 7.81. The van der Waals surface area contributed by atoms with Crippen LogP contribution in [0.25, 0.3) is 33.4 Å². The van der Waals surface area contributed by atoms with E-state index >= 15 is 0 Å². The summed E-state index contributed by atoms with van der Waals surface area (Å²) in [4.78, 5) is 4.52. The van der Waals surface area contributed by atoms with Gasteiger partial charge in [-0.25, -0.2) is 9.37 Å². The van der Waals surface area contributed by atoms with E-state index in [9.17, 15) is 14.8 Å². The molecule has 1 saturated carbocycles. The highest BCUT2D eigenvalue weighted by Gasteiger charge is 2.23. The Hall–Kier alpha value is -3.14. The molecule has 2 aromatic carbocycles. The average molecular weight is 499 g/mol. The zero-order valence-corrected chi connectivity index (χ0v) is 20.3. The van der Waals surface area contributed by atoms with Gasteiger partial charge in [-0.1, -0.05) is 43.5 Å². The standard InChI is InChI=1S/C26H23FN4O.2ClH/c1-15-23-24(18-9-7-17(8-10-18)16-5-3-2-4-6-16)21(14-28)25(29-26(23)31-30-15)20-12-11-19(32)13-22(20)27;;/h7-13,16,32H,2-6H2,1H3,(H,29,30,31);2*1H. The first-order chi connectivity index (χ1) is 15.6. The van der Waals surface area contributed by atoms with Gasteiger partial charge in [0.2, 0.25) is 0 Å². The molecule has 2 N–H and O–H groups in total. The Morgan fingerprint density at radius 2 is 1.76 bits per heavy atom. The normalized spacial score (nSPS) is 13.7. The SMILES string of the molecule is Cc1[nH]nc2nc(-c3ccc(O)cc3F)c(C#N)c(-c3ccc(C4CCCCC4)cc3)c12.Cl.Cl. The van der Waals surface area contributed by atoms with Gasteiger partial charge < -0.3 is 5.11 Å². The minimum atomic E-state index is -0.640. The van der Waals surface area contributed by atoms with E-state index in [0.29, 0.717) is 17.1 Å². The van der Waals surface area contributed by atoms with E-state index in [2.05, 4.69) is 33.4 Å². The number of nitriles is 1. The summed E-state index contributed by atoms with van der Waals surface area (Å²) in [5.74, 6) is -0.234. The van der Waals surface area contributed by atoms with Crippen molar-refractivity contribution < 1.29 is 9.50 Å². The minimum absolute atomic E-state index is 0. The van der Waals surface area contributed by atoms with E-state index in [4.69, 9.17) is 0 Å². The number of benzene rings is 2. The number of halogens is 3. The van der Waals surface area contributed by atoms with E-state index in [1.165, 1.54) is 49.8 Å². The molecule has 0 saturated heterocycles. The van der Waals surface area contributed by atoms with E-state index in [1.54, 1.807) is 0 Å². The van der Waals surface area contributed by atoms with Crippen LogP contribution in [0.1, 0.15) is 54.8 Å². The van der Waals surface area contributed by atoms with Crippen molar-refractivity contribution >= 4 is 35.8 Å². The summed E-state index contributed by atoms with van der Waals surface area (Å²) in [6, 6.07) is 14.5. The monoisotopic (exact) mass is 498 g/mol. The van der Waals surface area contributed by atoms with Gasteiger partial charge in [0, 0.05) is 22.9 Å². The lowest BCUT2D eigenvalue weighted by Gasteiger charge is -2.22. The molecule has 0 unspecified atom stereocenters.